The monoisotopic (exact) mass is 364 g/mol. The number of fused-ring (bicyclic) bond motifs is 1. The van der Waals surface area contributed by atoms with E-state index < -0.39 is 0 Å². The van der Waals surface area contributed by atoms with Gasteiger partial charge in [-0.25, -0.2) is 4.39 Å². The number of rotatable bonds is 6. The molecule has 1 amide bonds. The van der Waals surface area contributed by atoms with E-state index in [-0.39, 0.29) is 18.5 Å². The molecular weight excluding hydrogens is 347 g/mol. The predicted octanol–water partition coefficient (Wildman–Crippen LogP) is 3.46. The fourth-order valence-electron chi connectivity index (χ4n) is 2.60. The Morgan fingerprint density at radius 2 is 2.12 bits per heavy atom. The Morgan fingerprint density at radius 3 is 2.92 bits per heavy atom. The number of hydrogen-bond donors (Lipinski definition) is 1. The number of anilines is 1. The molecule has 1 heterocycles. The van der Waals surface area contributed by atoms with Crippen molar-refractivity contribution < 1.29 is 18.7 Å². The van der Waals surface area contributed by atoms with E-state index in [9.17, 15) is 9.18 Å². The average molecular weight is 365 g/mol. The number of hydrogen-bond acceptors (Lipinski definition) is 4. The summed E-state index contributed by atoms with van der Waals surface area (Å²) in [5.41, 5.74) is 0.952. The number of carbonyl (C=O) groups excluding carboxylic acids is 1. The van der Waals surface area contributed by atoms with Crippen molar-refractivity contribution in [1.29, 1.82) is 0 Å². The minimum atomic E-state index is -0.260. The van der Waals surface area contributed by atoms with Crippen molar-refractivity contribution in [2.24, 2.45) is 0 Å². The van der Waals surface area contributed by atoms with Gasteiger partial charge in [0.25, 0.3) is 5.91 Å². The van der Waals surface area contributed by atoms with Gasteiger partial charge in [-0.3, -0.25) is 4.79 Å². The molecule has 2 aromatic rings. The summed E-state index contributed by atoms with van der Waals surface area (Å²) < 4.78 is 24.2. The number of halogens is 2. The summed E-state index contributed by atoms with van der Waals surface area (Å²) in [4.78, 5) is 14.0. The highest BCUT2D eigenvalue weighted by Gasteiger charge is 2.20. The van der Waals surface area contributed by atoms with Crippen LogP contribution in [0.4, 0.5) is 10.1 Å². The number of carbonyl (C=O) groups is 1. The molecule has 0 radical (unpaired) electrons. The maximum absolute atomic E-state index is 13.7. The van der Waals surface area contributed by atoms with Gasteiger partial charge in [-0.2, -0.15) is 0 Å². The van der Waals surface area contributed by atoms with E-state index in [2.05, 4.69) is 5.32 Å². The normalized spacial score (nSPS) is 12.1. The summed E-state index contributed by atoms with van der Waals surface area (Å²) >= 11 is 6.08. The van der Waals surface area contributed by atoms with E-state index in [1.807, 2.05) is 11.9 Å². The van der Waals surface area contributed by atoms with Crippen LogP contribution >= 0.6 is 11.6 Å². The van der Waals surface area contributed by atoms with Gasteiger partial charge in [-0.15, -0.1) is 0 Å². The second kappa shape index (κ2) is 7.61. The fraction of sp³-hybridized carbons (Fsp3) is 0.278. The summed E-state index contributed by atoms with van der Waals surface area (Å²) in [6, 6.07) is 9.76. The average Bonchev–Trinajstić information content (AvgIpc) is 3.08. The quantitative estimate of drug-likeness (QED) is 0.797. The second-order valence-electron chi connectivity index (χ2n) is 5.67. The zero-order valence-electron chi connectivity index (χ0n) is 13.7. The summed E-state index contributed by atoms with van der Waals surface area (Å²) in [5, 5.41) is 3.17. The number of nitrogens with one attached hydrogen (secondary N) is 1. The number of amides is 1. The Balaban J connectivity index is 1.50. The number of nitrogens with zero attached hydrogens (tertiary/aromatic N) is 1. The lowest BCUT2D eigenvalue weighted by Gasteiger charge is -2.19. The molecule has 25 heavy (non-hydrogen) atoms. The molecule has 0 aliphatic carbocycles. The summed E-state index contributed by atoms with van der Waals surface area (Å²) in [6.45, 7) is 1.18. The van der Waals surface area contributed by atoms with Crippen molar-refractivity contribution in [3.63, 3.8) is 0 Å². The van der Waals surface area contributed by atoms with Crippen molar-refractivity contribution in [1.82, 2.24) is 5.32 Å². The number of ether oxygens (including phenoxy) is 2. The van der Waals surface area contributed by atoms with Crippen LogP contribution in [0.15, 0.2) is 36.4 Å². The van der Waals surface area contributed by atoms with Crippen molar-refractivity contribution in [2.45, 2.75) is 6.42 Å². The van der Waals surface area contributed by atoms with Gasteiger partial charge in [0.05, 0.1) is 10.7 Å². The lowest BCUT2D eigenvalue weighted by atomic mass is 10.2. The van der Waals surface area contributed by atoms with Gasteiger partial charge in [0, 0.05) is 25.7 Å². The molecule has 2 aromatic carbocycles. The molecule has 3 rings (SSSR count). The standard InChI is InChI=1S/C18H18ClFN2O3/c1-22(15-6-3-2-5-14(15)20)8-4-7-21-18(23)12-9-13(19)17-16(10-12)24-11-25-17/h2-3,5-6,9-10H,4,7-8,11H2,1H3,(H,21,23). The van der Waals surface area contributed by atoms with Crippen LogP contribution < -0.4 is 19.7 Å². The molecule has 0 saturated heterocycles. The van der Waals surface area contributed by atoms with Crippen molar-refractivity contribution in [3.8, 4) is 11.5 Å². The van der Waals surface area contributed by atoms with Gasteiger partial charge in [-0.1, -0.05) is 23.7 Å². The van der Waals surface area contributed by atoms with E-state index in [4.69, 9.17) is 21.1 Å². The van der Waals surface area contributed by atoms with Crippen LogP contribution in [0.3, 0.4) is 0 Å². The van der Waals surface area contributed by atoms with Crippen LogP contribution in [-0.2, 0) is 0 Å². The molecule has 0 fully saturated rings. The predicted molar refractivity (Wildman–Crippen MR) is 94.2 cm³/mol. The second-order valence-corrected chi connectivity index (χ2v) is 6.08. The Hall–Kier alpha value is -2.47. The van der Waals surface area contributed by atoms with Crippen LogP contribution in [0.25, 0.3) is 0 Å². The highest BCUT2D eigenvalue weighted by molar-refractivity contribution is 6.32. The molecule has 0 saturated carbocycles. The molecule has 7 heteroatoms. The van der Waals surface area contributed by atoms with Crippen LogP contribution in [-0.4, -0.2) is 32.8 Å². The van der Waals surface area contributed by atoms with Gasteiger partial charge in [0.1, 0.15) is 5.82 Å². The maximum atomic E-state index is 13.7. The Bertz CT molecular complexity index is 785. The Morgan fingerprint density at radius 1 is 1.32 bits per heavy atom. The third-order valence-electron chi connectivity index (χ3n) is 3.91. The van der Waals surface area contributed by atoms with Crippen LogP contribution in [0.5, 0.6) is 11.5 Å². The summed E-state index contributed by atoms with van der Waals surface area (Å²) in [5.74, 6) is 0.430. The highest BCUT2D eigenvalue weighted by Crippen LogP contribution is 2.39. The third-order valence-corrected chi connectivity index (χ3v) is 4.19. The van der Waals surface area contributed by atoms with Crippen molar-refractivity contribution in [3.05, 3.63) is 52.8 Å². The smallest absolute Gasteiger partial charge is 0.251 e. The molecule has 132 valence electrons. The first-order chi connectivity index (χ1) is 12.1. The fourth-order valence-corrected chi connectivity index (χ4v) is 2.87. The van der Waals surface area contributed by atoms with Gasteiger partial charge in [0.15, 0.2) is 11.5 Å². The molecule has 0 spiro atoms. The topological polar surface area (TPSA) is 50.8 Å². The zero-order chi connectivity index (χ0) is 17.8. The molecule has 1 aliphatic heterocycles. The molecule has 0 unspecified atom stereocenters. The van der Waals surface area contributed by atoms with E-state index in [1.165, 1.54) is 6.07 Å². The van der Waals surface area contributed by atoms with E-state index >= 15 is 0 Å². The minimum absolute atomic E-state index is 0.0997. The molecule has 0 atom stereocenters. The zero-order valence-corrected chi connectivity index (χ0v) is 14.5. The third kappa shape index (κ3) is 3.96. The molecule has 0 aromatic heterocycles. The molecular formula is C18H18ClFN2O3. The minimum Gasteiger partial charge on any atom is -0.454 e. The van der Waals surface area contributed by atoms with Crippen molar-refractivity contribution in [2.75, 3.05) is 31.8 Å². The number of para-hydroxylation sites is 1. The highest BCUT2D eigenvalue weighted by atomic mass is 35.5. The van der Waals surface area contributed by atoms with E-state index in [0.29, 0.717) is 47.3 Å². The molecule has 5 nitrogen and oxygen atoms in total. The first-order valence-corrected chi connectivity index (χ1v) is 8.27. The van der Waals surface area contributed by atoms with Gasteiger partial charge in [-0.05, 0) is 30.7 Å². The van der Waals surface area contributed by atoms with Gasteiger partial charge < -0.3 is 19.7 Å². The Kier molecular flexibility index (Phi) is 5.28. The van der Waals surface area contributed by atoms with Crippen LogP contribution in [0.2, 0.25) is 5.02 Å². The molecule has 0 bridgehead atoms. The van der Waals surface area contributed by atoms with E-state index in [0.717, 1.165) is 0 Å². The van der Waals surface area contributed by atoms with E-state index in [1.54, 1.807) is 30.3 Å². The number of benzene rings is 2. The van der Waals surface area contributed by atoms with Gasteiger partial charge >= 0.3 is 0 Å². The Labute approximate surface area is 150 Å². The lowest BCUT2D eigenvalue weighted by Crippen LogP contribution is -2.28. The summed E-state index contributed by atoms with van der Waals surface area (Å²) in [7, 11) is 1.82. The van der Waals surface area contributed by atoms with Crippen LogP contribution in [0, 0.1) is 5.82 Å². The van der Waals surface area contributed by atoms with Gasteiger partial charge in [0.2, 0.25) is 6.79 Å². The van der Waals surface area contributed by atoms with Crippen LogP contribution in [0.1, 0.15) is 16.8 Å². The largest absolute Gasteiger partial charge is 0.454 e. The lowest BCUT2D eigenvalue weighted by molar-refractivity contribution is 0.0953. The SMILES string of the molecule is CN(CCCNC(=O)c1cc(Cl)c2c(c1)OCO2)c1ccccc1F. The van der Waals surface area contributed by atoms with Crippen molar-refractivity contribution >= 4 is 23.2 Å². The first-order valence-electron chi connectivity index (χ1n) is 7.89. The first kappa shape index (κ1) is 17.4. The maximum Gasteiger partial charge on any atom is 0.251 e. The molecule has 1 N–H and O–H groups in total. The molecule has 1 aliphatic rings. The summed E-state index contributed by atoms with van der Waals surface area (Å²) in [6.07, 6.45) is 0.675.